The van der Waals surface area contributed by atoms with E-state index in [0.717, 1.165) is 11.4 Å². The molecule has 0 saturated heterocycles. The van der Waals surface area contributed by atoms with Gasteiger partial charge in [-0.3, -0.25) is 0 Å². The summed E-state index contributed by atoms with van der Waals surface area (Å²) in [5, 5.41) is 0. The molecule has 3 heteroatoms. The molecule has 18 heavy (non-hydrogen) atoms. The molecule has 2 aromatic carbocycles. The zero-order chi connectivity index (χ0) is 13.0. The highest BCUT2D eigenvalue weighted by Crippen LogP contribution is 2.28. The summed E-state index contributed by atoms with van der Waals surface area (Å²) in [5.74, 6) is -0.194. The van der Waals surface area contributed by atoms with E-state index in [1.165, 1.54) is 6.07 Å². The van der Waals surface area contributed by atoms with Gasteiger partial charge in [0.25, 0.3) is 0 Å². The Morgan fingerprint density at radius 1 is 1.06 bits per heavy atom. The standard InChI is InChI=1S/C15H17FN2/c1-18(12-6-3-2-4-7-12)15-9-5-8-14(16)13(15)10-11-17/h2-9H,10-11,17H2,1H3. The molecule has 2 rings (SSSR count). The monoisotopic (exact) mass is 244 g/mol. The van der Waals surface area contributed by atoms with Crippen LogP contribution >= 0.6 is 0 Å². The van der Waals surface area contributed by atoms with Crippen LogP contribution in [-0.4, -0.2) is 13.6 Å². The van der Waals surface area contributed by atoms with Crippen molar-refractivity contribution in [2.45, 2.75) is 6.42 Å². The SMILES string of the molecule is CN(c1ccccc1)c1cccc(F)c1CCN. The maximum atomic E-state index is 13.8. The van der Waals surface area contributed by atoms with E-state index in [4.69, 9.17) is 5.73 Å². The van der Waals surface area contributed by atoms with Gasteiger partial charge in [0.2, 0.25) is 0 Å². The lowest BCUT2D eigenvalue weighted by Gasteiger charge is -2.22. The van der Waals surface area contributed by atoms with E-state index in [1.807, 2.05) is 48.3 Å². The Kier molecular flexibility index (Phi) is 3.95. The quantitative estimate of drug-likeness (QED) is 0.895. The van der Waals surface area contributed by atoms with Gasteiger partial charge >= 0.3 is 0 Å². The molecule has 0 radical (unpaired) electrons. The van der Waals surface area contributed by atoms with E-state index in [0.29, 0.717) is 18.5 Å². The zero-order valence-electron chi connectivity index (χ0n) is 10.4. The van der Waals surface area contributed by atoms with Crippen LogP contribution in [0.1, 0.15) is 5.56 Å². The van der Waals surface area contributed by atoms with Crippen molar-refractivity contribution in [2.24, 2.45) is 5.73 Å². The van der Waals surface area contributed by atoms with Crippen LogP contribution in [0.15, 0.2) is 48.5 Å². The van der Waals surface area contributed by atoms with E-state index >= 15 is 0 Å². The number of anilines is 2. The van der Waals surface area contributed by atoms with Crippen LogP contribution in [0, 0.1) is 5.82 Å². The predicted octanol–water partition coefficient (Wildman–Crippen LogP) is 3.09. The number of benzene rings is 2. The number of rotatable bonds is 4. The first-order chi connectivity index (χ1) is 8.74. The van der Waals surface area contributed by atoms with Gasteiger partial charge in [-0.15, -0.1) is 0 Å². The summed E-state index contributed by atoms with van der Waals surface area (Å²) in [6.07, 6.45) is 0.541. The Hall–Kier alpha value is -1.87. The zero-order valence-corrected chi connectivity index (χ0v) is 10.4. The molecule has 0 bridgehead atoms. The van der Waals surface area contributed by atoms with E-state index in [2.05, 4.69) is 0 Å². The molecule has 0 saturated carbocycles. The van der Waals surface area contributed by atoms with Crippen LogP contribution in [0.3, 0.4) is 0 Å². The minimum Gasteiger partial charge on any atom is -0.344 e. The van der Waals surface area contributed by atoms with E-state index in [9.17, 15) is 4.39 Å². The van der Waals surface area contributed by atoms with E-state index in [-0.39, 0.29) is 5.82 Å². The van der Waals surface area contributed by atoms with Crippen LogP contribution in [0.25, 0.3) is 0 Å². The first-order valence-corrected chi connectivity index (χ1v) is 6.00. The Morgan fingerprint density at radius 3 is 2.44 bits per heavy atom. The molecule has 0 aromatic heterocycles. The third-order valence-corrected chi connectivity index (χ3v) is 2.99. The summed E-state index contributed by atoms with van der Waals surface area (Å²) < 4.78 is 13.8. The summed E-state index contributed by atoms with van der Waals surface area (Å²) in [5.41, 5.74) is 8.12. The molecule has 2 aromatic rings. The van der Waals surface area contributed by atoms with Crippen molar-refractivity contribution in [3.8, 4) is 0 Å². The first kappa shape index (κ1) is 12.6. The Labute approximate surface area is 107 Å². The van der Waals surface area contributed by atoms with Gasteiger partial charge < -0.3 is 10.6 Å². The second-order valence-corrected chi connectivity index (χ2v) is 4.17. The highest BCUT2D eigenvalue weighted by atomic mass is 19.1. The molecule has 2 N–H and O–H groups in total. The van der Waals surface area contributed by atoms with Gasteiger partial charge in [0.1, 0.15) is 5.82 Å². The maximum Gasteiger partial charge on any atom is 0.128 e. The van der Waals surface area contributed by atoms with Crippen LogP contribution in [-0.2, 0) is 6.42 Å². The summed E-state index contributed by atoms with van der Waals surface area (Å²) in [6.45, 7) is 0.441. The van der Waals surface area contributed by atoms with Gasteiger partial charge in [0.05, 0.1) is 0 Å². The van der Waals surface area contributed by atoms with Gasteiger partial charge in [0.15, 0.2) is 0 Å². The Morgan fingerprint density at radius 2 is 1.78 bits per heavy atom. The lowest BCUT2D eigenvalue weighted by atomic mass is 10.1. The van der Waals surface area contributed by atoms with E-state index < -0.39 is 0 Å². The molecule has 0 unspecified atom stereocenters. The molecule has 0 atom stereocenters. The number of para-hydroxylation sites is 1. The van der Waals surface area contributed by atoms with Gasteiger partial charge in [-0.05, 0) is 37.2 Å². The van der Waals surface area contributed by atoms with Gasteiger partial charge in [-0.2, -0.15) is 0 Å². The van der Waals surface area contributed by atoms with Crippen molar-refractivity contribution in [3.63, 3.8) is 0 Å². The van der Waals surface area contributed by atoms with Crippen molar-refractivity contribution in [1.82, 2.24) is 0 Å². The molecule has 0 spiro atoms. The van der Waals surface area contributed by atoms with Crippen molar-refractivity contribution in [1.29, 1.82) is 0 Å². The van der Waals surface area contributed by atoms with Gasteiger partial charge in [0, 0.05) is 24.0 Å². The third-order valence-electron chi connectivity index (χ3n) is 2.99. The molecule has 2 nitrogen and oxygen atoms in total. The Balaban J connectivity index is 2.41. The number of nitrogens with zero attached hydrogens (tertiary/aromatic N) is 1. The summed E-state index contributed by atoms with van der Waals surface area (Å²) in [6, 6.07) is 15.0. The van der Waals surface area contributed by atoms with Crippen LogP contribution in [0.4, 0.5) is 15.8 Å². The number of halogens is 1. The molecule has 0 aliphatic rings. The average molecular weight is 244 g/mol. The van der Waals surface area contributed by atoms with E-state index in [1.54, 1.807) is 6.07 Å². The molecule has 0 fully saturated rings. The lowest BCUT2D eigenvalue weighted by molar-refractivity contribution is 0.609. The smallest absolute Gasteiger partial charge is 0.128 e. The lowest BCUT2D eigenvalue weighted by Crippen LogP contribution is -2.14. The van der Waals surface area contributed by atoms with Gasteiger partial charge in [-0.1, -0.05) is 24.3 Å². The third kappa shape index (κ3) is 2.51. The summed E-state index contributed by atoms with van der Waals surface area (Å²) in [7, 11) is 1.93. The highest BCUT2D eigenvalue weighted by molar-refractivity contribution is 5.65. The summed E-state index contributed by atoms with van der Waals surface area (Å²) in [4.78, 5) is 1.98. The molecular formula is C15H17FN2. The average Bonchev–Trinajstić information content (AvgIpc) is 2.41. The Bertz CT molecular complexity index is 511. The maximum absolute atomic E-state index is 13.8. The van der Waals surface area contributed by atoms with Crippen LogP contribution < -0.4 is 10.6 Å². The van der Waals surface area contributed by atoms with Crippen molar-refractivity contribution in [3.05, 3.63) is 59.9 Å². The number of nitrogens with two attached hydrogens (primary N) is 1. The molecule has 0 aliphatic heterocycles. The molecule has 0 amide bonds. The minimum atomic E-state index is -0.194. The summed E-state index contributed by atoms with van der Waals surface area (Å²) >= 11 is 0. The minimum absolute atomic E-state index is 0.194. The highest BCUT2D eigenvalue weighted by Gasteiger charge is 2.12. The largest absolute Gasteiger partial charge is 0.344 e. The molecule has 0 aliphatic carbocycles. The van der Waals surface area contributed by atoms with Crippen molar-refractivity contribution in [2.75, 3.05) is 18.5 Å². The number of hydrogen-bond donors (Lipinski definition) is 1. The molecule has 0 heterocycles. The fourth-order valence-corrected chi connectivity index (χ4v) is 2.04. The fourth-order valence-electron chi connectivity index (χ4n) is 2.04. The van der Waals surface area contributed by atoms with Crippen molar-refractivity contribution < 1.29 is 4.39 Å². The fraction of sp³-hybridized carbons (Fsp3) is 0.200. The van der Waals surface area contributed by atoms with Crippen LogP contribution in [0.2, 0.25) is 0 Å². The second-order valence-electron chi connectivity index (χ2n) is 4.17. The predicted molar refractivity (Wildman–Crippen MR) is 73.7 cm³/mol. The molecular weight excluding hydrogens is 227 g/mol. The van der Waals surface area contributed by atoms with Crippen molar-refractivity contribution >= 4 is 11.4 Å². The van der Waals surface area contributed by atoms with Gasteiger partial charge in [-0.25, -0.2) is 4.39 Å². The number of hydrogen-bond acceptors (Lipinski definition) is 2. The normalized spacial score (nSPS) is 10.4. The molecule has 94 valence electrons. The topological polar surface area (TPSA) is 29.3 Å². The van der Waals surface area contributed by atoms with Crippen LogP contribution in [0.5, 0.6) is 0 Å². The second kappa shape index (κ2) is 5.65. The first-order valence-electron chi connectivity index (χ1n) is 6.00.